The highest BCUT2D eigenvalue weighted by Crippen LogP contribution is 2.37. The van der Waals surface area contributed by atoms with Crippen LogP contribution in [0, 0.1) is 11.3 Å². The summed E-state index contributed by atoms with van der Waals surface area (Å²) in [5.74, 6) is -0.0467. The van der Waals surface area contributed by atoms with E-state index in [4.69, 9.17) is 11.6 Å². The second-order valence-corrected chi connectivity index (χ2v) is 6.14. The van der Waals surface area contributed by atoms with Gasteiger partial charge in [0.15, 0.2) is 5.69 Å². The maximum atomic E-state index is 13.1. The smallest absolute Gasteiger partial charge is 0.339 e. The number of nitriles is 1. The maximum absolute atomic E-state index is 13.1. The van der Waals surface area contributed by atoms with Gasteiger partial charge in [0.2, 0.25) is 0 Å². The molecule has 5 nitrogen and oxygen atoms in total. The molecule has 0 fully saturated rings. The third-order valence-corrected chi connectivity index (χ3v) is 3.10. The lowest BCUT2D eigenvalue weighted by Gasteiger charge is -2.22. The quantitative estimate of drug-likeness (QED) is 0.825. The minimum Gasteiger partial charge on any atom is -0.339 e. The Bertz CT molecular complexity index is 768. The standard InChI is InChI=1S/C14H13ClF3N5/c1-13(2,3)23-12(21-8-4-5-20-10(15)6-8)9(7-19)11(22-23)14(16,17)18/h4-6H,1-3H3,(H,20,21). The van der Waals surface area contributed by atoms with Gasteiger partial charge in [-0.25, -0.2) is 9.67 Å². The van der Waals surface area contributed by atoms with E-state index in [-0.39, 0.29) is 11.0 Å². The molecule has 0 saturated heterocycles. The molecule has 0 spiro atoms. The minimum absolute atomic E-state index is 0.0467. The number of anilines is 2. The molecule has 0 aliphatic rings. The highest BCUT2D eigenvalue weighted by molar-refractivity contribution is 6.29. The van der Waals surface area contributed by atoms with Gasteiger partial charge in [-0.15, -0.1) is 0 Å². The number of hydrogen-bond donors (Lipinski definition) is 1. The lowest BCUT2D eigenvalue weighted by molar-refractivity contribution is -0.141. The van der Waals surface area contributed by atoms with Crippen molar-refractivity contribution in [1.82, 2.24) is 14.8 Å². The summed E-state index contributed by atoms with van der Waals surface area (Å²) < 4.78 is 40.5. The van der Waals surface area contributed by atoms with Gasteiger partial charge in [-0.3, -0.25) is 0 Å². The van der Waals surface area contributed by atoms with Crippen molar-refractivity contribution in [3.8, 4) is 6.07 Å². The lowest BCUT2D eigenvalue weighted by atomic mass is 10.1. The van der Waals surface area contributed by atoms with E-state index in [2.05, 4.69) is 15.4 Å². The van der Waals surface area contributed by atoms with Crippen LogP contribution in [0.3, 0.4) is 0 Å². The normalized spacial score (nSPS) is 12.1. The van der Waals surface area contributed by atoms with E-state index in [1.54, 1.807) is 26.8 Å². The number of rotatable bonds is 2. The van der Waals surface area contributed by atoms with Crippen molar-refractivity contribution >= 4 is 23.1 Å². The van der Waals surface area contributed by atoms with E-state index >= 15 is 0 Å². The van der Waals surface area contributed by atoms with E-state index in [1.807, 2.05) is 0 Å². The second kappa shape index (κ2) is 5.74. The molecule has 2 aromatic rings. The van der Waals surface area contributed by atoms with Crippen LogP contribution in [0.15, 0.2) is 18.3 Å². The third-order valence-electron chi connectivity index (χ3n) is 2.89. The molecule has 0 bridgehead atoms. The Kier molecular flexibility index (Phi) is 4.26. The van der Waals surface area contributed by atoms with Crippen molar-refractivity contribution in [3.63, 3.8) is 0 Å². The molecular formula is C14H13ClF3N5. The van der Waals surface area contributed by atoms with Crippen molar-refractivity contribution < 1.29 is 13.2 Å². The first-order valence-electron chi connectivity index (χ1n) is 6.53. The number of aromatic nitrogens is 3. The molecule has 1 N–H and O–H groups in total. The van der Waals surface area contributed by atoms with Crippen LogP contribution in [0.2, 0.25) is 5.15 Å². The predicted molar refractivity (Wildman–Crippen MR) is 79.5 cm³/mol. The fourth-order valence-electron chi connectivity index (χ4n) is 1.94. The number of nitrogens with one attached hydrogen (secondary N) is 1. The van der Waals surface area contributed by atoms with Crippen molar-refractivity contribution in [2.24, 2.45) is 0 Å². The van der Waals surface area contributed by atoms with Gasteiger partial charge in [-0.1, -0.05) is 11.6 Å². The molecule has 0 amide bonds. The Morgan fingerprint density at radius 2 is 1.96 bits per heavy atom. The molecule has 0 aliphatic carbocycles. The summed E-state index contributed by atoms with van der Waals surface area (Å²) in [7, 11) is 0. The summed E-state index contributed by atoms with van der Waals surface area (Å²) in [6.45, 7) is 5.06. The van der Waals surface area contributed by atoms with E-state index in [9.17, 15) is 18.4 Å². The largest absolute Gasteiger partial charge is 0.436 e. The Morgan fingerprint density at radius 3 is 2.43 bits per heavy atom. The van der Waals surface area contributed by atoms with Gasteiger partial charge in [0.05, 0.1) is 5.54 Å². The molecule has 0 unspecified atom stereocenters. The van der Waals surface area contributed by atoms with Crippen LogP contribution in [-0.4, -0.2) is 14.8 Å². The van der Waals surface area contributed by atoms with Crippen LogP contribution < -0.4 is 5.32 Å². The molecule has 0 saturated carbocycles. The number of pyridine rings is 1. The lowest BCUT2D eigenvalue weighted by Crippen LogP contribution is -2.25. The predicted octanol–water partition coefficient (Wildman–Crippen LogP) is 4.32. The average Bonchev–Trinajstić information content (AvgIpc) is 2.77. The summed E-state index contributed by atoms with van der Waals surface area (Å²) >= 11 is 5.77. The van der Waals surface area contributed by atoms with Crippen molar-refractivity contribution in [3.05, 3.63) is 34.7 Å². The molecule has 0 atom stereocenters. The van der Waals surface area contributed by atoms with Crippen molar-refractivity contribution in [1.29, 1.82) is 5.26 Å². The number of alkyl halides is 3. The van der Waals surface area contributed by atoms with Gasteiger partial charge in [0.25, 0.3) is 0 Å². The fourth-order valence-corrected chi connectivity index (χ4v) is 2.11. The zero-order chi connectivity index (χ0) is 17.4. The number of halogens is 4. The fraction of sp³-hybridized carbons (Fsp3) is 0.357. The van der Waals surface area contributed by atoms with E-state index in [0.29, 0.717) is 5.69 Å². The number of hydrogen-bond acceptors (Lipinski definition) is 4. The monoisotopic (exact) mass is 343 g/mol. The second-order valence-electron chi connectivity index (χ2n) is 5.76. The van der Waals surface area contributed by atoms with E-state index < -0.39 is 23.0 Å². The Morgan fingerprint density at radius 1 is 1.30 bits per heavy atom. The van der Waals surface area contributed by atoms with E-state index in [1.165, 1.54) is 18.3 Å². The van der Waals surface area contributed by atoms with Crippen LogP contribution in [0.25, 0.3) is 0 Å². The molecular weight excluding hydrogens is 331 g/mol. The van der Waals surface area contributed by atoms with Gasteiger partial charge in [-0.05, 0) is 32.9 Å². The number of nitrogens with zero attached hydrogens (tertiary/aromatic N) is 4. The summed E-state index contributed by atoms with van der Waals surface area (Å²) in [6.07, 6.45) is -3.33. The van der Waals surface area contributed by atoms with Gasteiger partial charge < -0.3 is 5.32 Å². The zero-order valence-electron chi connectivity index (χ0n) is 12.5. The van der Waals surface area contributed by atoms with Crippen LogP contribution in [0.1, 0.15) is 32.0 Å². The Balaban J connectivity index is 2.65. The van der Waals surface area contributed by atoms with Crippen LogP contribution in [0.5, 0.6) is 0 Å². The molecule has 2 heterocycles. The minimum atomic E-state index is -4.73. The SMILES string of the molecule is CC(C)(C)n1nc(C(F)(F)F)c(C#N)c1Nc1ccnc(Cl)c1. The highest BCUT2D eigenvalue weighted by atomic mass is 35.5. The van der Waals surface area contributed by atoms with Crippen molar-refractivity contribution in [2.75, 3.05) is 5.32 Å². The molecule has 0 aliphatic heterocycles. The molecule has 9 heteroatoms. The third kappa shape index (κ3) is 3.56. The van der Waals surface area contributed by atoms with Gasteiger partial charge in [-0.2, -0.15) is 23.5 Å². The summed E-state index contributed by atoms with van der Waals surface area (Å²) in [5, 5.41) is 15.8. The average molecular weight is 344 g/mol. The Hall–Kier alpha value is -2.27. The molecule has 0 aromatic carbocycles. The van der Waals surface area contributed by atoms with Crippen molar-refractivity contribution in [2.45, 2.75) is 32.5 Å². The molecule has 122 valence electrons. The molecule has 2 aromatic heterocycles. The molecule has 23 heavy (non-hydrogen) atoms. The zero-order valence-corrected chi connectivity index (χ0v) is 13.3. The Labute approximate surface area is 135 Å². The summed E-state index contributed by atoms with van der Waals surface area (Å²) in [5.41, 5.74) is -2.16. The summed E-state index contributed by atoms with van der Waals surface area (Å²) in [4.78, 5) is 3.80. The highest BCUT2D eigenvalue weighted by Gasteiger charge is 2.41. The molecule has 2 rings (SSSR count). The van der Waals surface area contributed by atoms with Gasteiger partial charge in [0.1, 0.15) is 22.6 Å². The first-order chi connectivity index (χ1) is 10.5. The van der Waals surface area contributed by atoms with E-state index in [0.717, 1.165) is 4.68 Å². The maximum Gasteiger partial charge on any atom is 0.436 e. The van der Waals surface area contributed by atoms with Gasteiger partial charge >= 0.3 is 6.18 Å². The topological polar surface area (TPSA) is 66.5 Å². The summed E-state index contributed by atoms with van der Waals surface area (Å²) in [6, 6.07) is 4.55. The van der Waals surface area contributed by atoms with Crippen LogP contribution in [0.4, 0.5) is 24.7 Å². The first-order valence-corrected chi connectivity index (χ1v) is 6.91. The van der Waals surface area contributed by atoms with Crippen LogP contribution >= 0.6 is 11.6 Å². The molecule has 0 radical (unpaired) electrons. The van der Waals surface area contributed by atoms with Gasteiger partial charge in [0, 0.05) is 11.9 Å². The van der Waals surface area contributed by atoms with Crippen LogP contribution in [-0.2, 0) is 11.7 Å². The first kappa shape index (κ1) is 17.1.